The predicted octanol–water partition coefficient (Wildman–Crippen LogP) is 0.0265. The summed E-state index contributed by atoms with van der Waals surface area (Å²) in [4.78, 5) is 37.0. The van der Waals surface area contributed by atoms with Gasteiger partial charge in [0.1, 0.15) is 6.04 Å². The van der Waals surface area contributed by atoms with Crippen molar-refractivity contribution in [2.24, 2.45) is 5.73 Å². The van der Waals surface area contributed by atoms with Crippen molar-refractivity contribution in [2.45, 2.75) is 18.9 Å². The minimum absolute atomic E-state index is 0.185. The smallest absolute Gasteiger partial charge is 0.249 e. The average Bonchev–Trinajstić information content (AvgIpc) is 2.55. The number of nitrogens with one attached hydrogen (secondary N) is 2. The Labute approximate surface area is 139 Å². The van der Waals surface area contributed by atoms with Crippen molar-refractivity contribution in [1.82, 2.24) is 10.6 Å². The Bertz CT molecular complexity index is 608. The van der Waals surface area contributed by atoms with E-state index >= 15 is 0 Å². The van der Waals surface area contributed by atoms with Crippen LogP contribution in [0, 0.1) is 0 Å². The van der Waals surface area contributed by atoms with Crippen LogP contribution in [0.1, 0.15) is 12.8 Å². The number of para-hydroxylation sites is 1. The largest absolute Gasteiger partial charge is 0.346 e. The number of halogens is 1. The number of carbonyl (C=O) groups is 3. The van der Waals surface area contributed by atoms with E-state index < -0.39 is 17.9 Å². The molecule has 0 bridgehead atoms. The van der Waals surface area contributed by atoms with Gasteiger partial charge >= 0.3 is 0 Å². The fourth-order valence-electron chi connectivity index (χ4n) is 2.42. The second kappa shape index (κ2) is 7.94. The number of piperidine rings is 1. The minimum Gasteiger partial charge on any atom is -0.346 e. The van der Waals surface area contributed by atoms with Crippen molar-refractivity contribution >= 4 is 35.0 Å². The van der Waals surface area contributed by atoms with Crippen LogP contribution < -0.4 is 21.3 Å². The number of nitrogens with zero attached hydrogens (tertiary/aromatic N) is 1. The van der Waals surface area contributed by atoms with Crippen molar-refractivity contribution in [3.63, 3.8) is 0 Å². The van der Waals surface area contributed by atoms with Crippen LogP contribution in [0.15, 0.2) is 24.3 Å². The molecule has 1 unspecified atom stereocenters. The molecule has 0 saturated carbocycles. The minimum atomic E-state index is -0.623. The lowest BCUT2D eigenvalue weighted by atomic mass is 10.0. The van der Waals surface area contributed by atoms with E-state index in [1.807, 2.05) is 0 Å². The maximum absolute atomic E-state index is 12.6. The summed E-state index contributed by atoms with van der Waals surface area (Å²) in [7, 11) is 0. The zero-order valence-corrected chi connectivity index (χ0v) is 13.3. The van der Waals surface area contributed by atoms with Crippen LogP contribution in [0.25, 0.3) is 0 Å². The molecular weight excluding hydrogens is 320 g/mol. The van der Waals surface area contributed by atoms with Gasteiger partial charge in [-0.15, -0.1) is 0 Å². The van der Waals surface area contributed by atoms with Crippen molar-refractivity contribution in [3.05, 3.63) is 29.3 Å². The zero-order chi connectivity index (χ0) is 16.8. The van der Waals surface area contributed by atoms with Crippen LogP contribution in [0.2, 0.25) is 5.02 Å². The highest BCUT2D eigenvalue weighted by molar-refractivity contribution is 6.33. The number of benzene rings is 1. The van der Waals surface area contributed by atoms with Gasteiger partial charge in [0.25, 0.3) is 0 Å². The van der Waals surface area contributed by atoms with Crippen LogP contribution in [0.3, 0.4) is 0 Å². The summed E-state index contributed by atoms with van der Waals surface area (Å²) < 4.78 is 0. The Morgan fingerprint density at radius 3 is 2.74 bits per heavy atom. The summed E-state index contributed by atoms with van der Waals surface area (Å²) in [5.41, 5.74) is 5.78. The van der Waals surface area contributed by atoms with Gasteiger partial charge < -0.3 is 21.3 Å². The molecule has 7 nitrogen and oxygen atoms in total. The molecule has 1 aromatic rings. The van der Waals surface area contributed by atoms with Crippen LogP contribution in [0.4, 0.5) is 5.69 Å². The number of hydrogen-bond donors (Lipinski definition) is 3. The van der Waals surface area contributed by atoms with Gasteiger partial charge in [-0.2, -0.15) is 0 Å². The van der Waals surface area contributed by atoms with Crippen LogP contribution >= 0.6 is 11.6 Å². The van der Waals surface area contributed by atoms with Crippen LogP contribution in [-0.2, 0) is 14.4 Å². The third-order valence-corrected chi connectivity index (χ3v) is 3.87. The molecule has 3 amide bonds. The number of anilines is 1. The molecular formula is C15H19ClN4O3. The first-order chi connectivity index (χ1) is 11.0. The quantitative estimate of drug-likeness (QED) is 0.704. The number of nitrogens with two attached hydrogens (primary N) is 1. The molecule has 1 aromatic carbocycles. The molecule has 0 radical (unpaired) electrons. The lowest BCUT2D eigenvalue weighted by Crippen LogP contribution is -2.54. The van der Waals surface area contributed by atoms with Crippen molar-refractivity contribution in [3.8, 4) is 0 Å². The second-order valence-electron chi connectivity index (χ2n) is 5.18. The van der Waals surface area contributed by atoms with E-state index in [1.165, 1.54) is 0 Å². The monoisotopic (exact) mass is 338 g/mol. The van der Waals surface area contributed by atoms with Gasteiger partial charge in [0, 0.05) is 6.54 Å². The molecule has 1 saturated heterocycles. The first kappa shape index (κ1) is 17.2. The van der Waals surface area contributed by atoms with Gasteiger partial charge in [0.15, 0.2) is 0 Å². The lowest BCUT2D eigenvalue weighted by molar-refractivity contribution is -0.129. The molecule has 23 heavy (non-hydrogen) atoms. The second-order valence-corrected chi connectivity index (χ2v) is 5.59. The number of amides is 3. The number of carbonyl (C=O) groups excluding carboxylic acids is 3. The molecule has 4 N–H and O–H groups in total. The summed E-state index contributed by atoms with van der Waals surface area (Å²) >= 11 is 6.14. The highest BCUT2D eigenvalue weighted by Gasteiger charge is 2.31. The van der Waals surface area contributed by atoms with Gasteiger partial charge in [0.2, 0.25) is 17.7 Å². The SMILES string of the molecule is NCC(=O)NCC(=O)NC1CCCN(c2ccccc2Cl)C1=O. The highest BCUT2D eigenvalue weighted by Crippen LogP contribution is 2.28. The van der Waals surface area contributed by atoms with Gasteiger partial charge in [-0.1, -0.05) is 23.7 Å². The molecule has 0 aromatic heterocycles. The highest BCUT2D eigenvalue weighted by atomic mass is 35.5. The fraction of sp³-hybridized carbons (Fsp3) is 0.400. The maximum Gasteiger partial charge on any atom is 0.249 e. The van der Waals surface area contributed by atoms with E-state index in [0.717, 1.165) is 6.42 Å². The van der Waals surface area contributed by atoms with Gasteiger partial charge in [-0.05, 0) is 25.0 Å². The van der Waals surface area contributed by atoms with Crippen LogP contribution in [0.5, 0.6) is 0 Å². The Kier molecular flexibility index (Phi) is 5.95. The van der Waals surface area contributed by atoms with Gasteiger partial charge in [-0.25, -0.2) is 0 Å². The molecule has 0 spiro atoms. The normalized spacial score (nSPS) is 17.7. The lowest BCUT2D eigenvalue weighted by Gasteiger charge is -2.33. The summed E-state index contributed by atoms with van der Waals surface area (Å²) in [5, 5.41) is 5.49. The third kappa shape index (κ3) is 4.43. The van der Waals surface area contributed by atoms with E-state index in [-0.39, 0.29) is 19.0 Å². The first-order valence-electron chi connectivity index (χ1n) is 7.35. The Balaban J connectivity index is 1.98. The molecule has 1 aliphatic rings. The summed E-state index contributed by atoms with van der Waals surface area (Å²) in [6.07, 6.45) is 1.30. The predicted molar refractivity (Wildman–Crippen MR) is 87.0 cm³/mol. The zero-order valence-electron chi connectivity index (χ0n) is 12.5. The average molecular weight is 339 g/mol. The molecule has 1 fully saturated rings. The molecule has 1 heterocycles. The molecule has 1 atom stereocenters. The Morgan fingerprint density at radius 2 is 2.04 bits per heavy atom. The third-order valence-electron chi connectivity index (χ3n) is 3.55. The molecule has 8 heteroatoms. The molecule has 124 valence electrons. The topological polar surface area (TPSA) is 105 Å². The van der Waals surface area contributed by atoms with Crippen molar-refractivity contribution in [2.75, 3.05) is 24.5 Å². The summed E-state index contributed by atoms with van der Waals surface area (Å²) in [5.74, 6) is -1.05. The number of hydrogen-bond acceptors (Lipinski definition) is 4. The Hall–Kier alpha value is -2.12. The van der Waals surface area contributed by atoms with Gasteiger partial charge in [0.05, 0.1) is 23.8 Å². The van der Waals surface area contributed by atoms with Crippen LogP contribution in [-0.4, -0.2) is 43.4 Å². The van der Waals surface area contributed by atoms with Crippen molar-refractivity contribution < 1.29 is 14.4 Å². The Morgan fingerprint density at radius 1 is 1.30 bits per heavy atom. The van der Waals surface area contributed by atoms with Gasteiger partial charge in [-0.3, -0.25) is 14.4 Å². The van der Waals surface area contributed by atoms with E-state index in [1.54, 1.807) is 29.2 Å². The van der Waals surface area contributed by atoms with E-state index in [4.69, 9.17) is 17.3 Å². The maximum atomic E-state index is 12.6. The number of rotatable bonds is 5. The van der Waals surface area contributed by atoms with Crippen molar-refractivity contribution in [1.29, 1.82) is 0 Å². The molecule has 1 aliphatic heterocycles. The van der Waals surface area contributed by atoms with E-state index in [2.05, 4.69) is 10.6 Å². The summed E-state index contributed by atoms with van der Waals surface area (Å²) in [6, 6.07) is 6.46. The summed E-state index contributed by atoms with van der Waals surface area (Å²) in [6.45, 7) is 0.167. The van der Waals surface area contributed by atoms with E-state index in [9.17, 15) is 14.4 Å². The first-order valence-corrected chi connectivity index (χ1v) is 7.72. The van der Waals surface area contributed by atoms with E-state index in [0.29, 0.717) is 23.7 Å². The standard InChI is InChI=1S/C15H19ClN4O3/c16-10-4-1-2-6-12(10)20-7-3-5-11(15(20)23)19-14(22)9-18-13(21)8-17/h1-2,4,6,11H,3,5,7-9,17H2,(H,18,21)(H,19,22). The molecule has 2 rings (SSSR count). The fourth-order valence-corrected chi connectivity index (χ4v) is 2.65. The molecule has 0 aliphatic carbocycles.